The van der Waals surface area contributed by atoms with Crippen LogP contribution in [0.3, 0.4) is 0 Å². The van der Waals surface area contributed by atoms with Gasteiger partial charge in [0.15, 0.2) is 0 Å². The highest BCUT2D eigenvalue weighted by Gasteiger charge is 2.86. The number of nitrogens with zero attached hydrogens (tertiary/aromatic N) is 2. The molecule has 3 atom stereocenters. The molecule has 26 heavy (non-hydrogen) atoms. The first kappa shape index (κ1) is 16.4. The lowest BCUT2D eigenvalue weighted by molar-refractivity contribution is 0.1000. The van der Waals surface area contributed by atoms with Crippen LogP contribution in [0.4, 0.5) is 10.2 Å². The van der Waals surface area contributed by atoms with E-state index in [9.17, 15) is 9.90 Å². The third-order valence-corrected chi connectivity index (χ3v) is 7.57. The van der Waals surface area contributed by atoms with E-state index in [1.54, 1.807) is 0 Å². The minimum absolute atomic E-state index is 0.0221. The molecule has 1 amide bonds. The van der Waals surface area contributed by atoms with E-state index < -0.39 is 17.0 Å². The van der Waals surface area contributed by atoms with Gasteiger partial charge in [-0.2, -0.15) is 0 Å². The molecule has 0 saturated heterocycles. The zero-order valence-corrected chi connectivity index (χ0v) is 14.8. The molecule has 4 aliphatic carbocycles. The van der Waals surface area contributed by atoms with Gasteiger partial charge in [0.05, 0.1) is 17.1 Å². The number of nitrogens with one attached hydrogen (secondary N) is 1. The monoisotopic (exact) mass is 360 g/mol. The SMILES string of the molecule is NC(=O)c1cnc(C23CC24CCC3(F)CC4)nc1N[C@@H]1CCC[C@H](O)C1. The molecule has 5 rings (SSSR count). The second kappa shape index (κ2) is 5.15. The van der Waals surface area contributed by atoms with Crippen LogP contribution < -0.4 is 11.1 Å². The van der Waals surface area contributed by atoms with Crippen LogP contribution in [0.25, 0.3) is 0 Å². The van der Waals surface area contributed by atoms with Crippen molar-refractivity contribution in [2.75, 3.05) is 5.32 Å². The van der Waals surface area contributed by atoms with E-state index in [1.165, 1.54) is 6.20 Å². The van der Waals surface area contributed by atoms with E-state index in [0.717, 1.165) is 38.5 Å². The third-order valence-electron chi connectivity index (χ3n) is 7.57. The molecule has 0 aromatic carbocycles. The van der Waals surface area contributed by atoms with Gasteiger partial charge in [-0.1, -0.05) is 0 Å². The van der Waals surface area contributed by atoms with Crippen molar-refractivity contribution in [2.24, 2.45) is 11.1 Å². The number of carbonyl (C=O) groups excluding carboxylic acids is 1. The molecule has 6 nitrogen and oxygen atoms in total. The fourth-order valence-corrected chi connectivity index (χ4v) is 6.14. The number of aliphatic hydroxyl groups excluding tert-OH is 1. The minimum Gasteiger partial charge on any atom is -0.393 e. The number of hydrogen-bond acceptors (Lipinski definition) is 5. The van der Waals surface area contributed by atoms with Crippen LogP contribution >= 0.6 is 0 Å². The first-order valence-electron chi connectivity index (χ1n) is 9.70. The Morgan fingerprint density at radius 1 is 1.31 bits per heavy atom. The molecule has 0 spiro atoms. The summed E-state index contributed by atoms with van der Waals surface area (Å²) in [5, 5.41) is 13.2. The van der Waals surface area contributed by atoms with E-state index in [0.29, 0.717) is 30.9 Å². The van der Waals surface area contributed by atoms with E-state index in [4.69, 9.17) is 5.73 Å². The van der Waals surface area contributed by atoms with Gasteiger partial charge in [0.2, 0.25) is 0 Å². The molecule has 4 saturated carbocycles. The molecule has 1 unspecified atom stereocenters. The summed E-state index contributed by atoms with van der Waals surface area (Å²) >= 11 is 0. The predicted molar refractivity (Wildman–Crippen MR) is 93.5 cm³/mol. The smallest absolute Gasteiger partial charge is 0.254 e. The van der Waals surface area contributed by atoms with Gasteiger partial charge < -0.3 is 16.2 Å². The highest BCUT2D eigenvalue weighted by atomic mass is 19.1. The van der Waals surface area contributed by atoms with Crippen molar-refractivity contribution in [3.05, 3.63) is 17.6 Å². The lowest BCUT2D eigenvalue weighted by Gasteiger charge is -2.29. The fourth-order valence-electron chi connectivity index (χ4n) is 6.14. The van der Waals surface area contributed by atoms with Gasteiger partial charge in [-0.3, -0.25) is 4.79 Å². The Hall–Kier alpha value is -1.76. The van der Waals surface area contributed by atoms with Gasteiger partial charge in [0.1, 0.15) is 17.3 Å². The van der Waals surface area contributed by atoms with Gasteiger partial charge in [-0.05, 0) is 63.2 Å². The van der Waals surface area contributed by atoms with Crippen LogP contribution in [-0.2, 0) is 5.41 Å². The zero-order valence-electron chi connectivity index (χ0n) is 14.8. The Kier molecular flexibility index (Phi) is 3.25. The van der Waals surface area contributed by atoms with Crippen molar-refractivity contribution in [3.8, 4) is 0 Å². The standard InChI is InChI=1S/C19H25FN4O2/c20-18-6-4-17(5-7-18)10-19(17,18)16-22-9-13(14(21)26)15(24-16)23-11-2-1-3-12(25)8-11/h9,11-12,25H,1-8,10H2,(H2,21,26)(H,22,23,24)/t11-,12+,17?,18?,19?/m1/s1. The maximum absolute atomic E-state index is 15.5. The van der Waals surface area contributed by atoms with Crippen LogP contribution in [0.15, 0.2) is 6.20 Å². The minimum atomic E-state index is -1.21. The normalized spacial score (nSPS) is 43.2. The molecular formula is C19H25FN4O2. The number of halogens is 1. The Labute approximate surface area is 151 Å². The number of nitrogens with two attached hydrogens (primary N) is 1. The molecular weight excluding hydrogens is 335 g/mol. The Morgan fingerprint density at radius 3 is 2.65 bits per heavy atom. The highest BCUT2D eigenvalue weighted by molar-refractivity contribution is 5.97. The summed E-state index contributed by atoms with van der Waals surface area (Å²) in [4.78, 5) is 20.9. The zero-order chi connectivity index (χ0) is 18.2. The number of amides is 1. The van der Waals surface area contributed by atoms with Gasteiger partial charge in [-0.25, -0.2) is 14.4 Å². The molecule has 1 aromatic rings. The lowest BCUT2D eigenvalue weighted by atomic mass is 9.84. The number of aromatic nitrogens is 2. The van der Waals surface area contributed by atoms with E-state index in [-0.39, 0.29) is 23.1 Å². The first-order valence-corrected chi connectivity index (χ1v) is 9.70. The van der Waals surface area contributed by atoms with Crippen molar-refractivity contribution in [1.29, 1.82) is 0 Å². The average molecular weight is 360 g/mol. The maximum atomic E-state index is 15.5. The Balaban J connectivity index is 1.51. The van der Waals surface area contributed by atoms with Crippen molar-refractivity contribution in [1.82, 2.24) is 9.97 Å². The second-order valence-corrected chi connectivity index (χ2v) is 8.81. The largest absolute Gasteiger partial charge is 0.393 e. The molecule has 4 aliphatic rings. The van der Waals surface area contributed by atoms with Gasteiger partial charge in [0.25, 0.3) is 5.91 Å². The third kappa shape index (κ3) is 1.98. The predicted octanol–water partition coefficient (Wildman–Crippen LogP) is 2.21. The fraction of sp³-hybridized carbons (Fsp3) is 0.737. The van der Waals surface area contributed by atoms with Crippen LogP contribution in [0, 0.1) is 5.41 Å². The molecule has 0 radical (unpaired) electrons. The molecule has 0 aliphatic heterocycles. The first-order chi connectivity index (χ1) is 12.4. The number of carbonyl (C=O) groups is 1. The van der Waals surface area contributed by atoms with Gasteiger partial charge in [-0.15, -0.1) is 0 Å². The van der Waals surface area contributed by atoms with Crippen LogP contribution in [-0.4, -0.2) is 38.8 Å². The highest BCUT2D eigenvalue weighted by Crippen LogP contribution is 2.85. The molecule has 4 N–H and O–H groups in total. The van der Waals surface area contributed by atoms with Crippen molar-refractivity contribution in [2.45, 2.75) is 81.0 Å². The number of alkyl halides is 1. The van der Waals surface area contributed by atoms with Crippen molar-refractivity contribution < 1.29 is 14.3 Å². The van der Waals surface area contributed by atoms with Crippen LogP contribution in [0.1, 0.15) is 74.0 Å². The summed E-state index contributed by atoms with van der Waals surface area (Å²) < 4.78 is 15.5. The van der Waals surface area contributed by atoms with Gasteiger partial charge in [0, 0.05) is 12.2 Å². The Bertz CT molecular complexity index is 777. The molecule has 2 bridgehead atoms. The van der Waals surface area contributed by atoms with E-state index in [2.05, 4.69) is 15.3 Å². The number of primary amides is 1. The van der Waals surface area contributed by atoms with E-state index >= 15 is 4.39 Å². The quantitative estimate of drug-likeness (QED) is 0.764. The van der Waals surface area contributed by atoms with E-state index in [1.807, 2.05) is 0 Å². The van der Waals surface area contributed by atoms with Crippen molar-refractivity contribution >= 4 is 11.7 Å². The van der Waals surface area contributed by atoms with Gasteiger partial charge >= 0.3 is 0 Å². The average Bonchev–Trinajstić information content (AvgIpc) is 3.14. The molecule has 7 heteroatoms. The Morgan fingerprint density at radius 2 is 2.08 bits per heavy atom. The summed E-state index contributed by atoms with van der Waals surface area (Å²) in [5.41, 5.74) is 3.98. The summed E-state index contributed by atoms with van der Waals surface area (Å²) in [6.07, 6.45) is 8.14. The number of anilines is 1. The van der Waals surface area contributed by atoms with Crippen molar-refractivity contribution in [3.63, 3.8) is 0 Å². The molecule has 1 aromatic heterocycles. The number of hydrogen-bond donors (Lipinski definition) is 3. The maximum Gasteiger partial charge on any atom is 0.254 e. The molecule has 4 fully saturated rings. The second-order valence-electron chi connectivity index (χ2n) is 8.81. The number of aliphatic hydroxyl groups is 1. The van der Waals surface area contributed by atoms with Crippen LogP contribution in [0.2, 0.25) is 0 Å². The molecule has 140 valence electrons. The topological polar surface area (TPSA) is 101 Å². The van der Waals surface area contributed by atoms with Crippen LogP contribution in [0.5, 0.6) is 0 Å². The summed E-state index contributed by atoms with van der Waals surface area (Å²) in [6, 6.07) is 0.0323. The summed E-state index contributed by atoms with van der Waals surface area (Å²) in [5.74, 6) is 0.328. The molecule has 1 heterocycles. The summed E-state index contributed by atoms with van der Waals surface area (Å²) in [7, 11) is 0. The number of rotatable bonds is 4. The summed E-state index contributed by atoms with van der Waals surface area (Å²) in [6.45, 7) is 0. The lowest BCUT2D eigenvalue weighted by Crippen LogP contribution is -2.36.